The molecule has 1 unspecified atom stereocenters. The number of carbonyl (C=O) groups excluding carboxylic acids is 2. The number of methoxy groups -OCH3 is 1. The SMILES string of the molecule is COC(=O)C1=C(C)NC(C)=C(C(=O)[C@@]2(O)CO[C@@H]3[C@@H](O[N+](=O)[O-])CO[C@@H]32)C1c1ccccc1Cl. The van der Waals surface area contributed by atoms with E-state index in [9.17, 15) is 24.8 Å². The van der Waals surface area contributed by atoms with E-state index in [1.165, 1.54) is 7.11 Å². The van der Waals surface area contributed by atoms with Crippen molar-refractivity contribution in [2.45, 2.75) is 43.7 Å². The molecular weight excluding hydrogens is 472 g/mol. The zero-order valence-corrected chi connectivity index (χ0v) is 19.3. The molecule has 2 fully saturated rings. The number of nitrogens with one attached hydrogen (secondary N) is 1. The van der Waals surface area contributed by atoms with Crippen LogP contribution in [0, 0.1) is 10.1 Å². The van der Waals surface area contributed by atoms with Crippen LogP contribution in [0.15, 0.2) is 46.8 Å². The van der Waals surface area contributed by atoms with Crippen LogP contribution in [0.1, 0.15) is 25.3 Å². The molecule has 0 saturated carbocycles. The standard InChI is InChI=1S/C22H23ClN2O9/c1-10-15(19(26)22(28)9-33-18-14(34-25(29)30)8-32-20(18)22)17(12-6-4-5-7-13(12)23)16(11(2)24-10)21(27)31-3/h4-7,14,17-18,20,24,28H,8-9H2,1-3H3/t14-,17?,18+,20-,22-/m0/s1. The zero-order valence-electron chi connectivity index (χ0n) is 18.6. The van der Waals surface area contributed by atoms with E-state index in [-0.39, 0.29) is 17.8 Å². The van der Waals surface area contributed by atoms with E-state index in [0.29, 0.717) is 22.0 Å². The minimum atomic E-state index is -2.18. The molecule has 0 spiro atoms. The Labute approximate surface area is 199 Å². The number of aliphatic hydroxyl groups is 1. The number of rotatable bonds is 6. The first-order valence-electron chi connectivity index (χ1n) is 10.4. The van der Waals surface area contributed by atoms with Crippen LogP contribution >= 0.6 is 11.6 Å². The highest BCUT2D eigenvalue weighted by molar-refractivity contribution is 6.31. The average Bonchev–Trinajstić information content (AvgIpc) is 3.34. The molecule has 1 aromatic rings. The van der Waals surface area contributed by atoms with Crippen LogP contribution in [0.2, 0.25) is 5.02 Å². The van der Waals surface area contributed by atoms with Gasteiger partial charge in [0.25, 0.3) is 5.09 Å². The van der Waals surface area contributed by atoms with Gasteiger partial charge in [-0.3, -0.25) is 4.79 Å². The van der Waals surface area contributed by atoms with Crippen molar-refractivity contribution < 1.29 is 38.8 Å². The molecule has 0 aliphatic carbocycles. The van der Waals surface area contributed by atoms with E-state index in [4.69, 9.17) is 25.8 Å². The number of hydrogen-bond donors (Lipinski definition) is 2. The van der Waals surface area contributed by atoms with Crippen LogP contribution in [0.4, 0.5) is 0 Å². The van der Waals surface area contributed by atoms with Crippen LogP contribution in [-0.4, -0.2) is 66.2 Å². The van der Waals surface area contributed by atoms with Gasteiger partial charge >= 0.3 is 5.97 Å². The number of dihydropyridines is 1. The van der Waals surface area contributed by atoms with E-state index in [2.05, 4.69) is 10.2 Å². The number of ketones is 1. The van der Waals surface area contributed by atoms with Crippen molar-refractivity contribution in [3.05, 3.63) is 67.5 Å². The summed E-state index contributed by atoms with van der Waals surface area (Å²) in [5.74, 6) is -2.38. The van der Waals surface area contributed by atoms with E-state index < -0.39 is 53.3 Å². The van der Waals surface area contributed by atoms with Crippen molar-refractivity contribution in [1.82, 2.24) is 5.32 Å². The average molecular weight is 495 g/mol. The molecule has 182 valence electrons. The van der Waals surface area contributed by atoms with Crippen molar-refractivity contribution >= 4 is 23.4 Å². The molecule has 0 bridgehead atoms. The van der Waals surface area contributed by atoms with Gasteiger partial charge in [-0.25, -0.2) is 4.79 Å². The predicted molar refractivity (Wildman–Crippen MR) is 116 cm³/mol. The van der Waals surface area contributed by atoms with Gasteiger partial charge in [0.1, 0.15) is 12.2 Å². The Balaban J connectivity index is 1.78. The second-order valence-electron chi connectivity index (χ2n) is 8.30. The van der Waals surface area contributed by atoms with Crippen molar-refractivity contribution in [2.75, 3.05) is 20.3 Å². The van der Waals surface area contributed by atoms with Gasteiger partial charge in [-0.2, -0.15) is 0 Å². The highest BCUT2D eigenvalue weighted by Crippen LogP contribution is 2.45. The fourth-order valence-electron chi connectivity index (χ4n) is 4.82. The molecule has 34 heavy (non-hydrogen) atoms. The molecule has 3 aliphatic heterocycles. The predicted octanol–water partition coefficient (Wildman–Crippen LogP) is 1.42. The molecule has 11 nitrogen and oxygen atoms in total. The van der Waals surface area contributed by atoms with Gasteiger partial charge in [-0.15, -0.1) is 10.1 Å². The van der Waals surface area contributed by atoms with Crippen LogP contribution in [0.3, 0.4) is 0 Å². The van der Waals surface area contributed by atoms with Gasteiger partial charge in [0.15, 0.2) is 17.5 Å². The smallest absolute Gasteiger partial charge is 0.336 e. The highest BCUT2D eigenvalue weighted by atomic mass is 35.5. The molecule has 0 radical (unpaired) electrons. The number of ether oxygens (including phenoxy) is 3. The molecule has 1 aromatic carbocycles. The first kappa shape index (κ1) is 24.1. The van der Waals surface area contributed by atoms with Crippen molar-refractivity contribution in [3.63, 3.8) is 0 Å². The molecule has 2 saturated heterocycles. The third kappa shape index (κ3) is 3.84. The molecule has 0 aromatic heterocycles. The molecule has 5 atom stereocenters. The summed E-state index contributed by atoms with van der Waals surface area (Å²) in [4.78, 5) is 42.1. The summed E-state index contributed by atoms with van der Waals surface area (Å²) < 4.78 is 16.1. The fraction of sp³-hybridized carbons (Fsp3) is 0.455. The minimum Gasteiger partial charge on any atom is -0.466 e. The zero-order chi connectivity index (χ0) is 24.8. The molecule has 12 heteroatoms. The van der Waals surface area contributed by atoms with Crippen LogP contribution in [0.25, 0.3) is 0 Å². The number of hydrogen-bond acceptors (Lipinski definition) is 10. The van der Waals surface area contributed by atoms with Crippen molar-refractivity contribution in [3.8, 4) is 0 Å². The second kappa shape index (κ2) is 8.99. The largest absolute Gasteiger partial charge is 0.466 e. The van der Waals surface area contributed by atoms with Gasteiger partial charge in [-0.1, -0.05) is 29.8 Å². The number of nitrogens with zero attached hydrogens (tertiary/aromatic N) is 1. The lowest BCUT2D eigenvalue weighted by molar-refractivity contribution is -0.769. The summed E-state index contributed by atoms with van der Waals surface area (Å²) in [6.07, 6.45) is -3.31. The molecule has 3 heterocycles. The summed E-state index contributed by atoms with van der Waals surface area (Å²) >= 11 is 6.47. The normalized spacial score (nSPS) is 30.6. The molecule has 2 N–H and O–H groups in total. The maximum absolute atomic E-state index is 14.0. The first-order chi connectivity index (χ1) is 16.1. The number of benzene rings is 1. The quantitative estimate of drug-likeness (QED) is 0.338. The Morgan fingerprint density at radius 3 is 2.56 bits per heavy atom. The summed E-state index contributed by atoms with van der Waals surface area (Å²) in [6.45, 7) is 2.60. The Bertz CT molecular complexity index is 1120. The summed E-state index contributed by atoms with van der Waals surface area (Å²) in [5, 5.41) is 24.6. The number of fused-ring (bicyclic) bond motifs is 1. The maximum Gasteiger partial charge on any atom is 0.336 e. The Hall–Kier alpha value is -2.99. The van der Waals surface area contributed by atoms with Gasteiger partial charge in [-0.05, 0) is 25.5 Å². The lowest BCUT2D eigenvalue weighted by Crippen LogP contribution is -2.53. The Kier molecular flexibility index (Phi) is 6.38. The van der Waals surface area contributed by atoms with Gasteiger partial charge in [0.2, 0.25) is 0 Å². The number of esters is 1. The van der Waals surface area contributed by atoms with Gasteiger partial charge in [0, 0.05) is 27.9 Å². The highest BCUT2D eigenvalue weighted by Gasteiger charge is 2.62. The fourth-order valence-corrected chi connectivity index (χ4v) is 5.06. The third-order valence-corrected chi connectivity index (χ3v) is 6.66. The molecule has 4 rings (SSSR count). The number of halogens is 1. The topological polar surface area (TPSA) is 146 Å². The first-order valence-corrected chi connectivity index (χ1v) is 10.8. The summed E-state index contributed by atoms with van der Waals surface area (Å²) in [5.41, 5.74) is -0.612. The molecular formula is C22H23ClN2O9. The van der Waals surface area contributed by atoms with Gasteiger partial charge < -0.3 is 29.5 Å². The van der Waals surface area contributed by atoms with E-state index in [0.717, 1.165) is 0 Å². The Morgan fingerprint density at radius 2 is 1.91 bits per heavy atom. The van der Waals surface area contributed by atoms with Crippen LogP contribution in [-0.2, 0) is 28.6 Å². The van der Waals surface area contributed by atoms with E-state index in [1.807, 2.05) is 0 Å². The van der Waals surface area contributed by atoms with Crippen LogP contribution in [0.5, 0.6) is 0 Å². The summed E-state index contributed by atoms with van der Waals surface area (Å²) in [7, 11) is 1.23. The lowest BCUT2D eigenvalue weighted by atomic mass is 9.74. The number of allylic oxidation sites excluding steroid dienone is 2. The second-order valence-corrected chi connectivity index (χ2v) is 8.71. The van der Waals surface area contributed by atoms with E-state index >= 15 is 0 Å². The third-order valence-electron chi connectivity index (χ3n) is 6.31. The Morgan fingerprint density at radius 1 is 1.24 bits per heavy atom. The molecule has 0 amide bonds. The van der Waals surface area contributed by atoms with Gasteiger partial charge in [0.05, 0.1) is 25.9 Å². The number of Topliss-reactive ketones (excluding diaryl/α,β-unsaturated/α-hetero) is 1. The maximum atomic E-state index is 14.0. The van der Waals surface area contributed by atoms with Crippen LogP contribution < -0.4 is 5.32 Å². The minimum absolute atomic E-state index is 0.0769. The lowest BCUT2D eigenvalue weighted by Gasteiger charge is -2.35. The van der Waals surface area contributed by atoms with Crippen molar-refractivity contribution in [1.29, 1.82) is 0 Å². The monoisotopic (exact) mass is 494 g/mol. The number of carbonyl (C=O) groups is 2. The van der Waals surface area contributed by atoms with E-state index in [1.54, 1.807) is 38.1 Å². The summed E-state index contributed by atoms with van der Waals surface area (Å²) in [6, 6.07) is 6.74. The molecule has 3 aliphatic rings. The van der Waals surface area contributed by atoms with Crippen molar-refractivity contribution in [2.24, 2.45) is 0 Å².